The van der Waals surface area contributed by atoms with Crippen molar-refractivity contribution in [2.75, 3.05) is 0 Å². The molecule has 0 aromatic heterocycles. The Bertz CT molecular complexity index is 557. The maximum absolute atomic E-state index is 11.2. The van der Waals surface area contributed by atoms with Crippen LogP contribution in [0.1, 0.15) is 17.5 Å². The van der Waals surface area contributed by atoms with Crippen LogP contribution in [0.25, 0.3) is 0 Å². The van der Waals surface area contributed by atoms with Gasteiger partial charge in [-0.05, 0) is 24.0 Å². The molecule has 4 heteroatoms. The van der Waals surface area contributed by atoms with Crippen molar-refractivity contribution in [2.45, 2.75) is 31.4 Å². The van der Waals surface area contributed by atoms with Crippen LogP contribution in [0.4, 0.5) is 0 Å². The predicted octanol–water partition coefficient (Wildman–Crippen LogP) is 2.87. The minimum absolute atomic E-state index is 0.254. The van der Waals surface area contributed by atoms with Crippen LogP contribution < -0.4 is 0 Å². The van der Waals surface area contributed by atoms with E-state index in [-0.39, 0.29) is 11.3 Å². The van der Waals surface area contributed by atoms with Crippen molar-refractivity contribution in [3.05, 3.63) is 81.9 Å². The fourth-order valence-electron chi connectivity index (χ4n) is 2.36. The number of aryl methyl sites for hydroxylation is 1. The van der Waals surface area contributed by atoms with Gasteiger partial charge in [0, 0.05) is 11.3 Å². The summed E-state index contributed by atoms with van der Waals surface area (Å²) in [6, 6.07) is 18.0. The van der Waals surface area contributed by atoms with Crippen molar-refractivity contribution in [1.82, 2.24) is 0 Å². The van der Waals surface area contributed by atoms with Gasteiger partial charge in [-0.25, -0.2) is 0 Å². The lowest BCUT2D eigenvalue weighted by molar-refractivity contribution is -0.534. The van der Waals surface area contributed by atoms with Gasteiger partial charge in [-0.2, -0.15) is 0 Å². The summed E-state index contributed by atoms with van der Waals surface area (Å²) in [6.07, 6.45) is 0.341. The summed E-state index contributed by atoms with van der Waals surface area (Å²) in [6.45, 7) is 0. The second-order valence-corrected chi connectivity index (χ2v) is 5.13. The minimum atomic E-state index is -0.962. The second-order valence-electron chi connectivity index (χ2n) is 5.13. The zero-order valence-corrected chi connectivity index (χ0v) is 11.8. The van der Waals surface area contributed by atoms with E-state index in [0.717, 1.165) is 11.1 Å². The number of rotatable bonds is 7. The van der Waals surface area contributed by atoms with Gasteiger partial charge in [-0.3, -0.25) is 10.1 Å². The van der Waals surface area contributed by atoms with Gasteiger partial charge in [0.2, 0.25) is 6.04 Å². The molecule has 0 bridgehead atoms. The molecule has 0 radical (unpaired) electrons. The van der Waals surface area contributed by atoms with Crippen LogP contribution in [0.3, 0.4) is 0 Å². The number of nitrogens with zero attached hydrogens (tertiary/aromatic N) is 1. The van der Waals surface area contributed by atoms with Crippen molar-refractivity contribution in [3.63, 3.8) is 0 Å². The predicted molar refractivity (Wildman–Crippen MR) is 81.7 cm³/mol. The topological polar surface area (TPSA) is 63.4 Å². The fourth-order valence-corrected chi connectivity index (χ4v) is 2.36. The van der Waals surface area contributed by atoms with Gasteiger partial charge in [0.05, 0.1) is 0 Å². The molecule has 0 amide bonds. The molecule has 1 N–H and O–H groups in total. The van der Waals surface area contributed by atoms with E-state index in [2.05, 4.69) is 0 Å². The largest absolute Gasteiger partial charge is 0.386 e. The van der Waals surface area contributed by atoms with E-state index >= 15 is 0 Å². The molecular weight excluding hydrogens is 266 g/mol. The zero-order valence-electron chi connectivity index (χ0n) is 11.8. The molecule has 0 aliphatic rings. The van der Waals surface area contributed by atoms with Crippen molar-refractivity contribution in [3.8, 4) is 0 Å². The van der Waals surface area contributed by atoms with Crippen LogP contribution in [0, 0.1) is 10.1 Å². The van der Waals surface area contributed by atoms with E-state index in [1.54, 1.807) is 0 Å². The first-order valence-electron chi connectivity index (χ1n) is 7.06. The Kier molecular flexibility index (Phi) is 5.46. The maximum Gasteiger partial charge on any atom is 0.242 e. The van der Waals surface area contributed by atoms with Crippen LogP contribution in [0.2, 0.25) is 0 Å². The van der Waals surface area contributed by atoms with Gasteiger partial charge < -0.3 is 5.11 Å². The molecule has 0 saturated carbocycles. The van der Waals surface area contributed by atoms with E-state index in [9.17, 15) is 15.2 Å². The van der Waals surface area contributed by atoms with Gasteiger partial charge in [-0.15, -0.1) is 0 Å². The van der Waals surface area contributed by atoms with Crippen molar-refractivity contribution < 1.29 is 10.0 Å². The summed E-state index contributed by atoms with van der Waals surface area (Å²) in [5, 5.41) is 21.4. The minimum Gasteiger partial charge on any atom is -0.386 e. The number of hydrogen-bond acceptors (Lipinski definition) is 3. The molecule has 0 aliphatic heterocycles. The van der Waals surface area contributed by atoms with E-state index in [0.29, 0.717) is 12.8 Å². The number of aliphatic hydroxyl groups excluding tert-OH is 1. The summed E-state index contributed by atoms with van der Waals surface area (Å²) >= 11 is 0. The van der Waals surface area contributed by atoms with Crippen LogP contribution in [0.5, 0.6) is 0 Å². The van der Waals surface area contributed by atoms with Gasteiger partial charge in [-0.1, -0.05) is 60.7 Å². The SMILES string of the molecule is O=[N+]([O-])[C@H](Cc1ccccc1)[C@@H](O)CCc1ccccc1. The molecule has 21 heavy (non-hydrogen) atoms. The quantitative estimate of drug-likeness (QED) is 0.628. The second kappa shape index (κ2) is 7.55. The zero-order chi connectivity index (χ0) is 15.1. The van der Waals surface area contributed by atoms with Crippen LogP contribution in [0.15, 0.2) is 60.7 Å². The number of hydrogen-bond donors (Lipinski definition) is 1. The number of benzene rings is 2. The first kappa shape index (κ1) is 15.2. The summed E-state index contributed by atoms with van der Waals surface area (Å²) in [4.78, 5) is 10.8. The van der Waals surface area contributed by atoms with E-state index < -0.39 is 12.1 Å². The summed E-state index contributed by atoms with van der Waals surface area (Å²) in [7, 11) is 0. The van der Waals surface area contributed by atoms with Gasteiger partial charge in [0.15, 0.2) is 0 Å². The molecule has 0 unspecified atom stereocenters. The molecule has 4 nitrogen and oxygen atoms in total. The Balaban J connectivity index is 1.96. The van der Waals surface area contributed by atoms with Gasteiger partial charge in [0.1, 0.15) is 6.10 Å². The Labute approximate surface area is 124 Å². The lowest BCUT2D eigenvalue weighted by Gasteiger charge is -2.16. The molecule has 110 valence electrons. The lowest BCUT2D eigenvalue weighted by atomic mass is 9.97. The molecule has 0 fully saturated rings. The van der Waals surface area contributed by atoms with Crippen LogP contribution in [-0.2, 0) is 12.8 Å². The molecule has 2 aromatic rings. The van der Waals surface area contributed by atoms with Gasteiger partial charge >= 0.3 is 0 Å². The molecule has 2 aromatic carbocycles. The maximum atomic E-state index is 11.2. The third kappa shape index (κ3) is 4.68. The third-order valence-corrected chi connectivity index (χ3v) is 3.57. The Morgan fingerprint density at radius 1 is 0.952 bits per heavy atom. The van der Waals surface area contributed by atoms with Crippen molar-refractivity contribution >= 4 is 0 Å². The lowest BCUT2D eigenvalue weighted by Crippen LogP contribution is -2.36. The van der Waals surface area contributed by atoms with Crippen LogP contribution in [-0.4, -0.2) is 22.2 Å². The molecule has 0 spiro atoms. The number of nitro groups is 1. The molecule has 2 rings (SSSR count). The van der Waals surface area contributed by atoms with Gasteiger partial charge in [0.25, 0.3) is 0 Å². The first-order valence-corrected chi connectivity index (χ1v) is 7.06. The van der Waals surface area contributed by atoms with Crippen LogP contribution >= 0.6 is 0 Å². The summed E-state index contributed by atoms with van der Waals surface area (Å²) in [5.74, 6) is 0. The molecule has 0 saturated heterocycles. The molecule has 0 aliphatic carbocycles. The monoisotopic (exact) mass is 285 g/mol. The highest BCUT2D eigenvalue weighted by molar-refractivity contribution is 5.16. The Hall–Kier alpha value is -2.20. The third-order valence-electron chi connectivity index (χ3n) is 3.57. The highest BCUT2D eigenvalue weighted by Gasteiger charge is 2.29. The number of aliphatic hydroxyl groups is 1. The van der Waals surface area contributed by atoms with Crippen molar-refractivity contribution in [2.24, 2.45) is 0 Å². The normalized spacial score (nSPS) is 13.6. The first-order chi connectivity index (χ1) is 10.2. The van der Waals surface area contributed by atoms with E-state index in [1.165, 1.54) is 0 Å². The smallest absolute Gasteiger partial charge is 0.242 e. The highest BCUT2D eigenvalue weighted by Crippen LogP contribution is 2.14. The Morgan fingerprint density at radius 2 is 1.48 bits per heavy atom. The fraction of sp³-hybridized carbons (Fsp3) is 0.294. The molecule has 2 atom stereocenters. The highest BCUT2D eigenvalue weighted by atomic mass is 16.6. The Morgan fingerprint density at radius 3 is 2.00 bits per heavy atom. The molecule has 0 heterocycles. The summed E-state index contributed by atoms with van der Waals surface area (Å²) < 4.78 is 0. The average Bonchev–Trinajstić information content (AvgIpc) is 2.52. The molecular formula is C17H19NO3. The van der Waals surface area contributed by atoms with E-state index in [4.69, 9.17) is 0 Å². The average molecular weight is 285 g/mol. The van der Waals surface area contributed by atoms with E-state index in [1.807, 2.05) is 60.7 Å². The standard InChI is InChI=1S/C17H19NO3/c19-17(12-11-14-7-3-1-4-8-14)16(18(20)21)13-15-9-5-2-6-10-15/h1-10,16-17,19H,11-13H2/t16-,17+/m1/s1. The summed E-state index contributed by atoms with van der Waals surface area (Å²) in [5.41, 5.74) is 1.95. The van der Waals surface area contributed by atoms with Crippen molar-refractivity contribution in [1.29, 1.82) is 0 Å².